The molecule has 0 aliphatic heterocycles. The lowest BCUT2D eigenvalue weighted by atomic mass is 10.2. The van der Waals surface area contributed by atoms with E-state index in [-0.39, 0.29) is 0 Å². The summed E-state index contributed by atoms with van der Waals surface area (Å²) in [6.45, 7) is 2.13. The number of allylic oxidation sites excluding steroid dienone is 2. The standard InChI is InChI=1S/C9H11N3/c1-7-4-3-5-9-8(6-7)10-11-12(9)2/h3-7H,1-2H3. The third kappa shape index (κ3) is 1.07. The maximum atomic E-state index is 4.05. The van der Waals surface area contributed by atoms with Crippen LogP contribution in [0.3, 0.4) is 0 Å². The molecule has 0 bridgehead atoms. The van der Waals surface area contributed by atoms with E-state index in [1.54, 1.807) is 4.68 Å². The van der Waals surface area contributed by atoms with Crippen molar-refractivity contribution in [3.05, 3.63) is 22.9 Å². The smallest absolute Gasteiger partial charge is 0.109 e. The third-order valence-corrected chi connectivity index (χ3v) is 1.99. The Morgan fingerprint density at radius 3 is 3.17 bits per heavy atom. The monoisotopic (exact) mass is 161 g/mol. The van der Waals surface area contributed by atoms with Gasteiger partial charge in [0, 0.05) is 7.05 Å². The normalized spacial score (nSPS) is 20.7. The largest absolute Gasteiger partial charge is 0.248 e. The Kier molecular flexibility index (Phi) is 1.57. The summed E-state index contributed by atoms with van der Waals surface area (Å²) >= 11 is 0. The van der Waals surface area contributed by atoms with E-state index in [0.29, 0.717) is 5.92 Å². The van der Waals surface area contributed by atoms with E-state index in [1.165, 1.54) is 0 Å². The van der Waals surface area contributed by atoms with Crippen LogP contribution in [-0.2, 0) is 7.05 Å². The van der Waals surface area contributed by atoms with E-state index in [2.05, 4.69) is 35.5 Å². The Hall–Kier alpha value is -1.38. The van der Waals surface area contributed by atoms with Crippen molar-refractivity contribution < 1.29 is 0 Å². The molecule has 3 heteroatoms. The molecule has 0 aromatic carbocycles. The molecule has 0 radical (unpaired) electrons. The van der Waals surface area contributed by atoms with E-state index in [4.69, 9.17) is 0 Å². The maximum absolute atomic E-state index is 4.05. The summed E-state index contributed by atoms with van der Waals surface area (Å²) in [5.41, 5.74) is 0. The number of rotatable bonds is 0. The van der Waals surface area contributed by atoms with E-state index in [0.717, 1.165) is 10.7 Å². The predicted molar refractivity (Wildman–Crippen MR) is 47.5 cm³/mol. The van der Waals surface area contributed by atoms with Crippen LogP contribution in [0.2, 0.25) is 0 Å². The minimum absolute atomic E-state index is 0.444. The minimum atomic E-state index is 0.444. The van der Waals surface area contributed by atoms with Gasteiger partial charge in [0.2, 0.25) is 0 Å². The molecular formula is C9H11N3. The summed E-state index contributed by atoms with van der Waals surface area (Å²) in [7, 11) is 1.90. The fraction of sp³-hybridized carbons (Fsp3) is 0.333. The zero-order valence-corrected chi connectivity index (χ0v) is 7.23. The van der Waals surface area contributed by atoms with E-state index in [1.807, 2.05) is 13.1 Å². The molecule has 1 aliphatic rings. The summed E-state index contributed by atoms with van der Waals surface area (Å²) in [6.07, 6.45) is 8.34. The van der Waals surface area contributed by atoms with Crippen LogP contribution in [0.25, 0.3) is 12.2 Å². The maximum Gasteiger partial charge on any atom is 0.109 e. The van der Waals surface area contributed by atoms with Crippen LogP contribution in [0.1, 0.15) is 6.92 Å². The summed E-state index contributed by atoms with van der Waals surface area (Å²) in [4.78, 5) is 0. The Bertz CT molecular complexity index is 425. The van der Waals surface area contributed by atoms with Crippen molar-refractivity contribution in [2.24, 2.45) is 13.0 Å². The van der Waals surface area contributed by atoms with Crippen LogP contribution in [0.15, 0.2) is 12.2 Å². The average Bonchev–Trinajstić information content (AvgIpc) is 2.31. The zero-order chi connectivity index (χ0) is 8.55. The molecular weight excluding hydrogens is 150 g/mol. The molecule has 3 nitrogen and oxygen atoms in total. The SMILES string of the molecule is CC1C=CC=c2c(nnn2C)=C1. The average molecular weight is 161 g/mol. The molecule has 1 heterocycles. The van der Waals surface area contributed by atoms with Gasteiger partial charge in [-0.05, 0) is 18.1 Å². The second-order valence-electron chi connectivity index (χ2n) is 3.06. The van der Waals surface area contributed by atoms with E-state index < -0.39 is 0 Å². The van der Waals surface area contributed by atoms with Gasteiger partial charge >= 0.3 is 0 Å². The fourth-order valence-electron chi connectivity index (χ4n) is 1.32. The number of fused-ring (bicyclic) bond motifs is 1. The molecule has 0 saturated carbocycles. The van der Waals surface area contributed by atoms with Crippen molar-refractivity contribution in [2.75, 3.05) is 0 Å². The highest BCUT2D eigenvalue weighted by molar-refractivity contribution is 5.42. The van der Waals surface area contributed by atoms with Gasteiger partial charge in [0.05, 0.1) is 5.35 Å². The molecule has 0 fully saturated rings. The predicted octanol–water partition coefficient (Wildman–Crippen LogP) is -0.418. The molecule has 2 rings (SSSR count). The first-order valence-corrected chi connectivity index (χ1v) is 4.03. The molecule has 0 amide bonds. The lowest BCUT2D eigenvalue weighted by Crippen LogP contribution is -2.28. The van der Waals surface area contributed by atoms with Gasteiger partial charge < -0.3 is 0 Å². The van der Waals surface area contributed by atoms with Crippen LogP contribution in [0, 0.1) is 5.92 Å². The fourth-order valence-corrected chi connectivity index (χ4v) is 1.32. The van der Waals surface area contributed by atoms with Crippen molar-refractivity contribution in [3.63, 3.8) is 0 Å². The van der Waals surface area contributed by atoms with Crippen molar-refractivity contribution in [2.45, 2.75) is 6.92 Å². The Balaban J connectivity index is 2.78. The van der Waals surface area contributed by atoms with Crippen LogP contribution in [-0.4, -0.2) is 15.0 Å². The van der Waals surface area contributed by atoms with Crippen LogP contribution in [0.4, 0.5) is 0 Å². The second-order valence-corrected chi connectivity index (χ2v) is 3.06. The molecule has 12 heavy (non-hydrogen) atoms. The molecule has 1 aromatic rings. The number of aromatic nitrogens is 3. The first-order valence-electron chi connectivity index (χ1n) is 4.03. The Morgan fingerprint density at radius 1 is 1.50 bits per heavy atom. The zero-order valence-electron chi connectivity index (χ0n) is 7.23. The summed E-state index contributed by atoms with van der Waals surface area (Å²) in [5, 5.41) is 10.1. The number of hydrogen-bond donors (Lipinski definition) is 0. The van der Waals surface area contributed by atoms with Gasteiger partial charge in [0.25, 0.3) is 0 Å². The first-order chi connectivity index (χ1) is 5.77. The molecule has 1 aliphatic carbocycles. The lowest BCUT2D eigenvalue weighted by molar-refractivity contribution is 0.698. The van der Waals surface area contributed by atoms with Crippen LogP contribution in [0.5, 0.6) is 0 Å². The van der Waals surface area contributed by atoms with Gasteiger partial charge in [-0.3, -0.25) is 0 Å². The van der Waals surface area contributed by atoms with Gasteiger partial charge in [-0.2, -0.15) is 0 Å². The highest BCUT2D eigenvalue weighted by Crippen LogP contribution is 1.99. The number of aryl methyl sites for hydroxylation is 1. The minimum Gasteiger partial charge on any atom is -0.248 e. The third-order valence-electron chi connectivity index (χ3n) is 1.99. The second kappa shape index (κ2) is 2.59. The summed E-state index contributed by atoms with van der Waals surface area (Å²) in [6, 6.07) is 0. The lowest BCUT2D eigenvalue weighted by Gasteiger charge is -1.90. The molecule has 62 valence electrons. The Labute approximate surface area is 70.7 Å². The molecule has 0 spiro atoms. The molecule has 1 unspecified atom stereocenters. The van der Waals surface area contributed by atoms with Gasteiger partial charge in [-0.1, -0.05) is 24.3 Å². The molecule has 1 aromatic heterocycles. The van der Waals surface area contributed by atoms with Crippen molar-refractivity contribution in [3.8, 4) is 0 Å². The molecule has 1 atom stereocenters. The molecule has 0 N–H and O–H groups in total. The summed E-state index contributed by atoms with van der Waals surface area (Å²) < 4.78 is 1.79. The Morgan fingerprint density at radius 2 is 2.33 bits per heavy atom. The molecule has 0 saturated heterocycles. The number of hydrogen-bond acceptors (Lipinski definition) is 2. The quantitative estimate of drug-likeness (QED) is 0.517. The number of nitrogens with zero attached hydrogens (tertiary/aromatic N) is 3. The van der Waals surface area contributed by atoms with Gasteiger partial charge in [-0.15, -0.1) is 5.10 Å². The van der Waals surface area contributed by atoms with Gasteiger partial charge in [0.15, 0.2) is 0 Å². The van der Waals surface area contributed by atoms with Crippen LogP contribution < -0.4 is 10.7 Å². The van der Waals surface area contributed by atoms with Crippen LogP contribution >= 0.6 is 0 Å². The van der Waals surface area contributed by atoms with Crippen molar-refractivity contribution >= 4 is 12.2 Å². The van der Waals surface area contributed by atoms with Crippen molar-refractivity contribution in [1.29, 1.82) is 0 Å². The highest BCUT2D eigenvalue weighted by Gasteiger charge is 1.99. The highest BCUT2D eigenvalue weighted by atomic mass is 15.4. The van der Waals surface area contributed by atoms with Gasteiger partial charge in [-0.25, -0.2) is 4.68 Å². The summed E-state index contributed by atoms with van der Waals surface area (Å²) in [5.74, 6) is 0.444. The van der Waals surface area contributed by atoms with Gasteiger partial charge in [0.1, 0.15) is 5.35 Å². The van der Waals surface area contributed by atoms with Crippen molar-refractivity contribution in [1.82, 2.24) is 15.0 Å². The first kappa shape index (κ1) is 7.28. The topological polar surface area (TPSA) is 30.7 Å². The van der Waals surface area contributed by atoms with E-state index in [9.17, 15) is 0 Å². The van der Waals surface area contributed by atoms with E-state index >= 15 is 0 Å².